The van der Waals surface area contributed by atoms with E-state index in [0.717, 1.165) is 16.7 Å². The third-order valence-electron chi connectivity index (χ3n) is 2.27. The number of hydrogen-bond acceptors (Lipinski definition) is 2. The number of benzene rings is 2. The highest BCUT2D eigenvalue weighted by Crippen LogP contribution is 2.10. The number of fused-ring (bicyclic) bond motifs is 1. The fourth-order valence-electron chi connectivity index (χ4n) is 1.54. The minimum absolute atomic E-state index is 0.918. The van der Waals surface area contributed by atoms with Crippen LogP contribution in [-0.4, -0.2) is 15.0 Å². The zero-order chi connectivity index (χ0) is 16.1. The molecule has 2 aromatic carbocycles. The SMILES string of the molecule is CC.CC.CC.c1ccc(-n2nc3ccccc3n2)cc1. The van der Waals surface area contributed by atoms with E-state index in [2.05, 4.69) is 10.2 Å². The molecule has 0 spiro atoms. The summed E-state index contributed by atoms with van der Waals surface area (Å²) in [5.74, 6) is 0. The molecular weight excluding hydrogens is 258 g/mol. The molecule has 0 saturated carbocycles. The summed E-state index contributed by atoms with van der Waals surface area (Å²) in [5, 5.41) is 8.78. The van der Waals surface area contributed by atoms with Gasteiger partial charge in [0.25, 0.3) is 0 Å². The van der Waals surface area contributed by atoms with Crippen LogP contribution in [-0.2, 0) is 0 Å². The molecule has 0 bridgehead atoms. The fourth-order valence-corrected chi connectivity index (χ4v) is 1.54. The van der Waals surface area contributed by atoms with E-state index in [-0.39, 0.29) is 0 Å². The number of para-hydroxylation sites is 1. The molecule has 114 valence electrons. The van der Waals surface area contributed by atoms with Crippen molar-refractivity contribution in [2.45, 2.75) is 41.5 Å². The van der Waals surface area contributed by atoms with Crippen molar-refractivity contribution in [3.8, 4) is 5.69 Å². The van der Waals surface area contributed by atoms with E-state index < -0.39 is 0 Å². The lowest BCUT2D eigenvalue weighted by molar-refractivity contribution is 0.766. The molecule has 0 N–H and O–H groups in total. The Morgan fingerprint density at radius 1 is 0.571 bits per heavy atom. The predicted molar refractivity (Wildman–Crippen MR) is 92.9 cm³/mol. The van der Waals surface area contributed by atoms with Gasteiger partial charge >= 0.3 is 0 Å². The summed E-state index contributed by atoms with van der Waals surface area (Å²) in [4.78, 5) is 1.66. The van der Waals surface area contributed by atoms with E-state index in [0.29, 0.717) is 0 Å². The lowest BCUT2D eigenvalue weighted by Crippen LogP contribution is -1.97. The van der Waals surface area contributed by atoms with Crippen LogP contribution in [0.1, 0.15) is 41.5 Å². The summed E-state index contributed by atoms with van der Waals surface area (Å²) in [6, 6.07) is 17.7. The van der Waals surface area contributed by atoms with Crippen LogP contribution < -0.4 is 0 Å². The second-order valence-electron chi connectivity index (χ2n) is 3.31. The average molecular weight is 285 g/mol. The minimum Gasteiger partial charge on any atom is -0.150 e. The first-order valence-electron chi connectivity index (χ1n) is 7.81. The molecule has 0 unspecified atom stereocenters. The van der Waals surface area contributed by atoms with E-state index in [4.69, 9.17) is 0 Å². The maximum absolute atomic E-state index is 4.39. The monoisotopic (exact) mass is 285 g/mol. The van der Waals surface area contributed by atoms with Gasteiger partial charge in [0, 0.05) is 0 Å². The molecule has 0 fully saturated rings. The molecule has 0 aliphatic heterocycles. The summed E-state index contributed by atoms with van der Waals surface area (Å²) in [6.07, 6.45) is 0. The van der Waals surface area contributed by atoms with Crippen LogP contribution in [0.2, 0.25) is 0 Å². The second-order valence-corrected chi connectivity index (χ2v) is 3.31. The number of rotatable bonds is 1. The van der Waals surface area contributed by atoms with Crippen LogP contribution >= 0.6 is 0 Å². The van der Waals surface area contributed by atoms with E-state index in [1.54, 1.807) is 4.80 Å². The largest absolute Gasteiger partial charge is 0.150 e. The van der Waals surface area contributed by atoms with Crippen molar-refractivity contribution < 1.29 is 0 Å². The van der Waals surface area contributed by atoms with Crippen molar-refractivity contribution >= 4 is 11.0 Å². The summed E-state index contributed by atoms with van der Waals surface area (Å²) in [5.41, 5.74) is 2.82. The van der Waals surface area contributed by atoms with Crippen molar-refractivity contribution in [1.29, 1.82) is 0 Å². The Kier molecular flexibility index (Phi) is 10.5. The lowest BCUT2D eigenvalue weighted by atomic mass is 10.3. The molecule has 0 atom stereocenters. The summed E-state index contributed by atoms with van der Waals surface area (Å²) in [6.45, 7) is 12.0. The Bertz CT molecular complexity index is 552. The molecular formula is C18H27N3. The molecule has 0 aliphatic rings. The lowest BCUT2D eigenvalue weighted by Gasteiger charge is -1.96. The highest BCUT2D eigenvalue weighted by molar-refractivity contribution is 5.73. The Morgan fingerprint density at radius 2 is 0.952 bits per heavy atom. The maximum Gasteiger partial charge on any atom is 0.113 e. The van der Waals surface area contributed by atoms with Gasteiger partial charge in [0.2, 0.25) is 0 Å². The van der Waals surface area contributed by atoms with Crippen LogP contribution in [0.4, 0.5) is 0 Å². The second kappa shape index (κ2) is 11.6. The third kappa shape index (κ3) is 5.38. The van der Waals surface area contributed by atoms with Gasteiger partial charge in [0.05, 0.1) is 5.69 Å². The predicted octanol–water partition coefficient (Wildman–Crippen LogP) is 5.50. The topological polar surface area (TPSA) is 30.7 Å². The number of hydrogen-bond donors (Lipinski definition) is 0. The van der Waals surface area contributed by atoms with E-state index >= 15 is 0 Å². The first kappa shape index (κ1) is 18.8. The minimum atomic E-state index is 0.918. The van der Waals surface area contributed by atoms with E-state index in [9.17, 15) is 0 Å². The van der Waals surface area contributed by atoms with Gasteiger partial charge in [-0.3, -0.25) is 0 Å². The van der Waals surface area contributed by atoms with E-state index in [1.807, 2.05) is 96.1 Å². The van der Waals surface area contributed by atoms with Crippen molar-refractivity contribution in [2.75, 3.05) is 0 Å². The van der Waals surface area contributed by atoms with Gasteiger partial charge in [-0.1, -0.05) is 71.9 Å². The maximum atomic E-state index is 4.39. The van der Waals surface area contributed by atoms with Crippen molar-refractivity contribution in [2.24, 2.45) is 0 Å². The Morgan fingerprint density at radius 3 is 1.38 bits per heavy atom. The van der Waals surface area contributed by atoms with Gasteiger partial charge in [0.1, 0.15) is 11.0 Å². The fraction of sp³-hybridized carbons (Fsp3) is 0.333. The Labute approximate surface area is 128 Å². The van der Waals surface area contributed by atoms with Crippen LogP contribution in [0.25, 0.3) is 16.7 Å². The van der Waals surface area contributed by atoms with Crippen molar-refractivity contribution in [1.82, 2.24) is 15.0 Å². The smallest absolute Gasteiger partial charge is 0.113 e. The highest BCUT2D eigenvalue weighted by Gasteiger charge is 2.01. The molecule has 3 rings (SSSR count). The average Bonchev–Trinajstić information content (AvgIpc) is 3.05. The molecule has 0 amide bonds. The van der Waals surface area contributed by atoms with Crippen LogP contribution in [0.15, 0.2) is 54.6 Å². The summed E-state index contributed by atoms with van der Waals surface area (Å²) in [7, 11) is 0. The van der Waals surface area contributed by atoms with Gasteiger partial charge in [-0.2, -0.15) is 4.80 Å². The number of aromatic nitrogens is 3. The van der Waals surface area contributed by atoms with Gasteiger partial charge in [-0.15, -0.1) is 10.2 Å². The van der Waals surface area contributed by atoms with Crippen LogP contribution in [0, 0.1) is 0 Å². The first-order valence-corrected chi connectivity index (χ1v) is 7.81. The van der Waals surface area contributed by atoms with Gasteiger partial charge < -0.3 is 0 Å². The van der Waals surface area contributed by atoms with Gasteiger partial charge in [-0.25, -0.2) is 0 Å². The summed E-state index contributed by atoms with van der Waals surface area (Å²) < 4.78 is 0. The van der Waals surface area contributed by atoms with Crippen molar-refractivity contribution in [3.05, 3.63) is 54.6 Å². The quantitative estimate of drug-likeness (QED) is 0.591. The Balaban J connectivity index is 0.000000598. The van der Waals surface area contributed by atoms with E-state index in [1.165, 1.54) is 0 Å². The third-order valence-corrected chi connectivity index (χ3v) is 2.27. The first-order chi connectivity index (χ1) is 10.4. The number of nitrogens with zero attached hydrogens (tertiary/aromatic N) is 3. The zero-order valence-corrected chi connectivity index (χ0v) is 14.0. The van der Waals surface area contributed by atoms with Crippen LogP contribution in [0.5, 0.6) is 0 Å². The molecule has 0 saturated heterocycles. The molecule has 21 heavy (non-hydrogen) atoms. The Hall–Kier alpha value is -2.16. The molecule has 1 aromatic heterocycles. The molecule has 3 nitrogen and oxygen atoms in total. The highest BCUT2D eigenvalue weighted by atomic mass is 15.5. The molecule has 0 radical (unpaired) electrons. The summed E-state index contributed by atoms with van der Waals surface area (Å²) >= 11 is 0. The molecule has 3 aromatic rings. The molecule has 1 heterocycles. The molecule has 3 heteroatoms. The van der Waals surface area contributed by atoms with Gasteiger partial charge in [0.15, 0.2) is 0 Å². The zero-order valence-electron chi connectivity index (χ0n) is 14.0. The van der Waals surface area contributed by atoms with Crippen LogP contribution in [0.3, 0.4) is 0 Å². The normalized spacial score (nSPS) is 8.48. The van der Waals surface area contributed by atoms with Crippen molar-refractivity contribution in [3.63, 3.8) is 0 Å². The standard InChI is InChI=1S/C12H9N3.3C2H6/c1-2-6-10(7-3-1)15-13-11-8-4-5-9-12(11)14-15;3*1-2/h1-9H;3*1-2H3. The van der Waals surface area contributed by atoms with Gasteiger partial charge in [-0.05, 0) is 24.3 Å². The molecule has 0 aliphatic carbocycles.